The van der Waals surface area contributed by atoms with Crippen molar-refractivity contribution >= 4 is 0 Å². The van der Waals surface area contributed by atoms with Gasteiger partial charge in [-0.15, -0.1) is 0 Å². The number of rotatable bonds is 1. The van der Waals surface area contributed by atoms with Gasteiger partial charge in [0, 0.05) is 0 Å². The van der Waals surface area contributed by atoms with Gasteiger partial charge >= 0.3 is 0 Å². The first-order valence-corrected chi connectivity index (χ1v) is 9.08. The molecule has 1 nitrogen and oxygen atoms in total. The fraction of sp³-hybridized carbons (Fsp3) is 0.900. The van der Waals surface area contributed by atoms with Crippen molar-refractivity contribution in [2.24, 2.45) is 22.7 Å². The average Bonchev–Trinajstić information content (AvgIpc) is 2.36. The fourth-order valence-electron chi connectivity index (χ4n) is 6.07. The van der Waals surface area contributed by atoms with Gasteiger partial charge in [-0.25, -0.2) is 0 Å². The Labute approximate surface area is 131 Å². The molecule has 0 amide bonds. The van der Waals surface area contributed by atoms with Crippen LogP contribution < -0.4 is 0 Å². The second-order valence-corrected chi connectivity index (χ2v) is 9.53. The first-order chi connectivity index (χ1) is 9.64. The summed E-state index contributed by atoms with van der Waals surface area (Å²) in [4.78, 5) is 0. The predicted molar refractivity (Wildman–Crippen MR) is 89.1 cm³/mol. The molecule has 1 heteroatoms. The molecular formula is C20H34O. The SMILES string of the molecule is CC(C)(O)C1CCC2=C(CCC3C(C)(C)CCCC23C)C1. The molecule has 3 aliphatic carbocycles. The van der Waals surface area contributed by atoms with Crippen LogP contribution in [0.2, 0.25) is 0 Å². The Kier molecular flexibility index (Phi) is 3.60. The molecule has 120 valence electrons. The molecule has 0 spiro atoms. The van der Waals surface area contributed by atoms with Crippen LogP contribution in [0.1, 0.15) is 86.0 Å². The lowest BCUT2D eigenvalue weighted by molar-refractivity contribution is -0.0123. The highest BCUT2D eigenvalue weighted by molar-refractivity contribution is 5.31. The number of fused-ring (bicyclic) bond motifs is 2. The van der Waals surface area contributed by atoms with Crippen LogP contribution in [0.25, 0.3) is 0 Å². The molecule has 0 aromatic carbocycles. The lowest BCUT2D eigenvalue weighted by atomic mass is 9.48. The van der Waals surface area contributed by atoms with E-state index >= 15 is 0 Å². The number of aliphatic hydroxyl groups is 1. The molecule has 1 N–H and O–H groups in total. The van der Waals surface area contributed by atoms with Crippen LogP contribution in [0.3, 0.4) is 0 Å². The summed E-state index contributed by atoms with van der Waals surface area (Å²) in [5.41, 5.74) is 4.00. The Balaban J connectivity index is 1.92. The molecule has 1 saturated carbocycles. The van der Waals surface area contributed by atoms with E-state index in [0.717, 1.165) is 12.3 Å². The molecule has 0 aromatic heterocycles. The standard InChI is InChI=1S/C20H34O/c1-18(2)11-6-12-20(5)16-9-8-15(19(3,4)21)13-14(16)7-10-17(18)20/h15,17,21H,6-13H2,1-5H3. The molecule has 3 atom stereocenters. The zero-order chi connectivity index (χ0) is 15.5. The van der Waals surface area contributed by atoms with E-state index in [0.29, 0.717) is 16.7 Å². The number of hydrogen-bond donors (Lipinski definition) is 1. The highest BCUT2D eigenvalue weighted by Crippen LogP contribution is 2.62. The van der Waals surface area contributed by atoms with Gasteiger partial charge in [0.1, 0.15) is 0 Å². The Morgan fingerprint density at radius 3 is 2.43 bits per heavy atom. The van der Waals surface area contributed by atoms with Crippen LogP contribution in [-0.2, 0) is 0 Å². The Bertz CT molecular complexity index is 451. The summed E-state index contributed by atoms with van der Waals surface area (Å²) in [6.07, 6.45) is 10.5. The summed E-state index contributed by atoms with van der Waals surface area (Å²) in [6, 6.07) is 0. The second-order valence-electron chi connectivity index (χ2n) is 9.53. The first kappa shape index (κ1) is 15.6. The van der Waals surface area contributed by atoms with Crippen LogP contribution >= 0.6 is 0 Å². The molecule has 0 saturated heterocycles. The van der Waals surface area contributed by atoms with Gasteiger partial charge in [0.05, 0.1) is 5.60 Å². The minimum absolute atomic E-state index is 0.458. The molecule has 0 aliphatic heterocycles. The van der Waals surface area contributed by atoms with Gasteiger partial charge in [0.25, 0.3) is 0 Å². The van der Waals surface area contributed by atoms with Crippen LogP contribution in [0, 0.1) is 22.7 Å². The number of allylic oxidation sites excluding steroid dienone is 2. The van der Waals surface area contributed by atoms with Crippen molar-refractivity contribution in [1.29, 1.82) is 0 Å². The van der Waals surface area contributed by atoms with E-state index in [9.17, 15) is 5.11 Å². The third-order valence-corrected chi connectivity index (χ3v) is 7.32. The van der Waals surface area contributed by atoms with Gasteiger partial charge in [-0.05, 0) is 81.5 Å². The van der Waals surface area contributed by atoms with Gasteiger partial charge < -0.3 is 5.11 Å². The fourth-order valence-corrected chi connectivity index (χ4v) is 6.07. The minimum Gasteiger partial charge on any atom is -0.390 e. The maximum atomic E-state index is 10.4. The van der Waals surface area contributed by atoms with Gasteiger partial charge in [0.15, 0.2) is 0 Å². The van der Waals surface area contributed by atoms with E-state index in [2.05, 4.69) is 20.8 Å². The third-order valence-electron chi connectivity index (χ3n) is 7.32. The third kappa shape index (κ3) is 2.50. The zero-order valence-corrected chi connectivity index (χ0v) is 14.8. The molecule has 1 fully saturated rings. The molecular weight excluding hydrogens is 256 g/mol. The van der Waals surface area contributed by atoms with Crippen molar-refractivity contribution in [3.63, 3.8) is 0 Å². The second kappa shape index (κ2) is 4.85. The lowest BCUT2D eigenvalue weighted by Gasteiger charge is -2.57. The van der Waals surface area contributed by atoms with Gasteiger partial charge in [-0.1, -0.05) is 38.3 Å². The van der Waals surface area contributed by atoms with Crippen LogP contribution in [-0.4, -0.2) is 10.7 Å². The summed E-state index contributed by atoms with van der Waals surface area (Å²) < 4.78 is 0. The lowest BCUT2D eigenvalue weighted by Crippen LogP contribution is -2.47. The van der Waals surface area contributed by atoms with Crippen molar-refractivity contribution in [3.05, 3.63) is 11.1 Å². The average molecular weight is 290 g/mol. The van der Waals surface area contributed by atoms with Gasteiger partial charge in [-0.3, -0.25) is 0 Å². The summed E-state index contributed by atoms with van der Waals surface area (Å²) in [5, 5.41) is 10.4. The van der Waals surface area contributed by atoms with Crippen molar-refractivity contribution in [3.8, 4) is 0 Å². The summed E-state index contributed by atoms with van der Waals surface area (Å²) in [5.74, 6) is 1.34. The molecule has 0 aromatic rings. The monoisotopic (exact) mass is 290 g/mol. The van der Waals surface area contributed by atoms with Gasteiger partial charge in [0.2, 0.25) is 0 Å². The van der Waals surface area contributed by atoms with Crippen LogP contribution in [0.5, 0.6) is 0 Å². The molecule has 3 rings (SSSR count). The smallest absolute Gasteiger partial charge is 0.0622 e. The largest absolute Gasteiger partial charge is 0.390 e. The normalized spacial score (nSPS) is 39.7. The highest BCUT2D eigenvalue weighted by atomic mass is 16.3. The van der Waals surface area contributed by atoms with E-state index in [1.807, 2.05) is 19.4 Å². The highest BCUT2D eigenvalue weighted by Gasteiger charge is 2.51. The Hall–Kier alpha value is -0.300. The van der Waals surface area contributed by atoms with E-state index in [-0.39, 0.29) is 0 Å². The predicted octanol–water partition coefficient (Wildman–Crippen LogP) is 5.48. The van der Waals surface area contributed by atoms with E-state index in [4.69, 9.17) is 0 Å². The maximum absolute atomic E-state index is 10.4. The van der Waals surface area contributed by atoms with E-state index in [1.165, 1.54) is 44.9 Å². The molecule has 3 unspecified atom stereocenters. The molecule has 3 aliphatic rings. The van der Waals surface area contributed by atoms with Crippen molar-refractivity contribution in [2.45, 2.75) is 91.6 Å². The summed E-state index contributed by atoms with van der Waals surface area (Å²) >= 11 is 0. The van der Waals surface area contributed by atoms with E-state index in [1.54, 1.807) is 5.57 Å². The zero-order valence-electron chi connectivity index (χ0n) is 14.8. The topological polar surface area (TPSA) is 20.2 Å². The Morgan fingerprint density at radius 2 is 1.76 bits per heavy atom. The van der Waals surface area contributed by atoms with Gasteiger partial charge in [-0.2, -0.15) is 0 Å². The van der Waals surface area contributed by atoms with Crippen LogP contribution in [0.4, 0.5) is 0 Å². The molecule has 0 bridgehead atoms. The maximum Gasteiger partial charge on any atom is 0.0622 e. The van der Waals surface area contributed by atoms with Crippen molar-refractivity contribution in [2.75, 3.05) is 0 Å². The summed E-state index contributed by atoms with van der Waals surface area (Å²) in [6.45, 7) is 11.6. The van der Waals surface area contributed by atoms with E-state index < -0.39 is 5.60 Å². The molecule has 21 heavy (non-hydrogen) atoms. The number of hydrogen-bond acceptors (Lipinski definition) is 1. The Morgan fingerprint density at radius 1 is 1.05 bits per heavy atom. The molecule has 0 heterocycles. The first-order valence-electron chi connectivity index (χ1n) is 9.08. The van der Waals surface area contributed by atoms with Crippen LogP contribution in [0.15, 0.2) is 11.1 Å². The van der Waals surface area contributed by atoms with Crippen molar-refractivity contribution < 1.29 is 5.11 Å². The quantitative estimate of drug-likeness (QED) is 0.634. The molecule has 0 radical (unpaired) electrons. The van der Waals surface area contributed by atoms with Crippen molar-refractivity contribution in [1.82, 2.24) is 0 Å². The minimum atomic E-state index is -0.512. The summed E-state index contributed by atoms with van der Waals surface area (Å²) in [7, 11) is 0.